The predicted molar refractivity (Wildman–Crippen MR) is 105 cm³/mol. The summed E-state index contributed by atoms with van der Waals surface area (Å²) >= 11 is 8.71. The van der Waals surface area contributed by atoms with E-state index < -0.39 is 0 Å². The van der Waals surface area contributed by atoms with Crippen molar-refractivity contribution >= 4 is 68.6 Å². The fourth-order valence-electron chi connectivity index (χ4n) is 2.06. The summed E-state index contributed by atoms with van der Waals surface area (Å²) in [4.78, 5) is 14.6. The van der Waals surface area contributed by atoms with Crippen LogP contribution in [0.4, 0.5) is 5.69 Å². The third-order valence-electron chi connectivity index (χ3n) is 3.18. The third kappa shape index (κ3) is 3.36. The van der Waals surface area contributed by atoms with Crippen molar-refractivity contribution in [2.45, 2.75) is 0 Å². The van der Waals surface area contributed by atoms with E-state index >= 15 is 0 Å². The van der Waals surface area contributed by atoms with Gasteiger partial charge in [0.1, 0.15) is 0 Å². The van der Waals surface area contributed by atoms with Gasteiger partial charge >= 0.3 is 0 Å². The van der Waals surface area contributed by atoms with E-state index in [1.54, 1.807) is 12.1 Å². The number of phenolic OH excluding ortho intramolecular Hbond substituents is 2. The van der Waals surface area contributed by atoms with Gasteiger partial charge in [-0.1, -0.05) is 30.0 Å². The van der Waals surface area contributed by atoms with Crippen LogP contribution in [0.15, 0.2) is 47.4 Å². The van der Waals surface area contributed by atoms with Crippen molar-refractivity contribution in [3.05, 3.63) is 56.5 Å². The lowest BCUT2D eigenvalue weighted by Gasteiger charge is -2.14. The number of rotatable bonds is 2. The molecule has 2 aromatic carbocycles. The number of anilines is 1. The second-order valence-electron chi connectivity index (χ2n) is 4.74. The number of halogens is 1. The first kappa shape index (κ1) is 16.3. The molecule has 2 N–H and O–H groups in total. The number of amides is 1. The monoisotopic (exact) mass is 455 g/mol. The number of thiocarbonyl (C=S) groups is 1. The fourth-order valence-corrected chi connectivity index (χ4v) is 3.72. The van der Waals surface area contributed by atoms with E-state index in [0.29, 0.717) is 14.8 Å². The summed E-state index contributed by atoms with van der Waals surface area (Å²) in [6, 6.07) is 11.9. The smallest absolute Gasteiger partial charge is 0.270 e. The number of carbonyl (C=O) groups is 1. The van der Waals surface area contributed by atoms with Crippen LogP contribution >= 0.6 is 46.6 Å². The zero-order valence-electron chi connectivity index (χ0n) is 11.6. The summed E-state index contributed by atoms with van der Waals surface area (Å²) in [5.74, 6) is -0.630. The summed E-state index contributed by atoms with van der Waals surface area (Å²) in [5, 5.41) is 18.9. The molecule has 0 aromatic heterocycles. The van der Waals surface area contributed by atoms with Gasteiger partial charge in [0.05, 0.1) is 10.6 Å². The van der Waals surface area contributed by atoms with Gasteiger partial charge in [-0.15, -0.1) is 0 Å². The molecule has 1 saturated heterocycles. The molecule has 0 bridgehead atoms. The SMILES string of the molecule is O=C1/C(=C\c2ccc(O)c(O)c2)SC(=S)N1c1ccc(I)cc1. The van der Waals surface area contributed by atoms with Gasteiger partial charge in [-0.25, -0.2) is 0 Å². The molecule has 0 radical (unpaired) electrons. The molecular weight excluding hydrogens is 445 g/mol. The minimum absolute atomic E-state index is 0.200. The normalized spacial score (nSPS) is 16.4. The highest BCUT2D eigenvalue weighted by Crippen LogP contribution is 2.37. The van der Waals surface area contributed by atoms with E-state index in [-0.39, 0.29) is 17.4 Å². The Kier molecular flexibility index (Phi) is 4.60. The minimum Gasteiger partial charge on any atom is -0.504 e. The molecule has 4 nitrogen and oxygen atoms in total. The first-order valence-electron chi connectivity index (χ1n) is 6.51. The first-order valence-corrected chi connectivity index (χ1v) is 8.81. The largest absolute Gasteiger partial charge is 0.504 e. The average molecular weight is 455 g/mol. The molecule has 23 heavy (non-hydrogen) atoms. The number of benzene rings is 2. The number of aromatic hydroxyl groups is 2. The summed E-state index contributed by atoms with van der Waals surface area (Å²) in [6.45, 7) is 0. The highest BCUT2D eigenvalue weighted by molar-refractivity contribution is 14.1. The predicted octanol–water partition coefficient (Wildman–Crippen LogP) is 4.11. The van der Waals surface area contributed by atoms with Crippen molar-refractivity contribution in [2.75, 3.05) is 4.90 Å². The maximum absolute atomic E-state index is 12.6. The van der Waals surface area contributed by atoms with Gasteiger partial charge < -0.3 is 10.2 Å². The highest BCUT2D eigenvalue weighted by atomic mass is 127. The van der Waals surface area contributed by atoms with Crippen LogP contribution in [-0.4, -0.2) is 20.4 Å². The molecule has 7 heteroatoms. The van der Waals surface area contributed by atoms with E-state index in [1.807, 2.05) is 24.3 Å². The molecule has 1 aliphatic rings. The molecule has 1 heterocycles. The Morgan fingerprint density at radius 1 is 1.09 bits per heavy atom. The lowest BCUT2D eigenvalue weighted by atomic mass is 10.2. The number of thioether (sulfide) groups is 1. The molecule has 1 fully saturated rings. The molecule has 0 saturated carbocycles. The van der Waals surface area contributed by atoms with Crippen molar-refractivity contribution < 1.29 is 15.0 Å². The number of hydrogen-bond donors (Lipinski definition) is 2. The van der Waals surface area contributed by atoms with Gasteiger partial charge in [0.2, 0.25) is 0 Å². The number of phenols is 2. The number of nitrogens with zero attached hydrogens (tertiary/aromatic N) is 1. The summed E-state index contributed by atoms with van der Waals surface area (Å²) in [7, 11) is 0. The van der Waals surface area contributed by atoms with Crippen LogP contribution in [0.1, 0.15) is 5.56 Å². The van der Waals surface area contributed by atoms with Gasteiger partial charge in [-0.3, -0.25) is 9.69 Å². The van der Waals surface area contributed by atoms with E-state index in [2.05, 4.69) is 22.6 Å². The molecular formula is C16H10INO3S2. The van der Waals surface area contributed by atoms with Crippen LogP contribution in [0.2, 0.25) is 0 Å². The van der Waals surface area contributed by atoms with E-state index in [0.717, 1.165) is 9.26 Å². The Balaban J connectivity index is 1.92. The molecule has 1 amide bonds. The summed E-state index contributed by atoms with van der Waals surface area (Å²) < 4.78 is 1.54. The standard InChI is InChI=1S/C16H10INO3S2/c17-10-2-4-11(5-3-10)18-15(21)14(23-16(18)22)8-9-1-6-12(19)13(20)7-9/h1-8,19-20H/b14-8+. The number of hydrogen-bond acceptors (Lipinski definition) is 5. The fraction of sp³-hybridized carbons (Fsp3) is 0. The quantitative estimate of drug-likeness (QED) is 0.309. The Bertz CT molecular complexity index is 834. The third-order valence-corrected chi connectivity index (χ3v) is 5.20. The highest BCUT2D eigenvalue weighted by Gasteiger charge is 2.33. The zero-order chi connectivity index (χ0) is 16.6. The lowest BCUT2D eigenvalue weighted by Crippen LogP contribution is -2.27. The average Bonchev–Trinajstić information content (AvgIpc) is 2.79. The molecule has 3 rings (SSSR count). The molecule has 0 unspecified atom stereocenters. The van der Waals surface area contributed by atoms with Crippen LogP contribution in [0, 0.1) is 3.57 Å². The van der Waals surface area contributed by atoms with Crippen LogP contribution in [0.3, 0.4) is 0 Å². The van der Waals surface area contributed by atoms with E-state index in [9.17, 15) is 15.0 Å². The first-order chi connectivity index (χ1) is 11.0. The maximum Gasteiger partial charge on any atom is 0.270 e. The summed E-state index contributed by atoms with van der Waals surface area (Å²) in [6.07, 6.45) is 1.64. The molecule has 1 aliphatic heterocycles. The van der Waals surface area contributed by atoms with Crippen LogP contribution in [0.25, 0.3) is 6.08 Å². The summed E-state index contributed by atoms with van der Waals surface area (Å²) in [5.41, 5.74) is 1.34. The maximum atomic E-state index is 12.6. The minimum atomic E-state index is -0.230. The van der Waals surface area contributed by atoms with Gasteiger partial charge in [-0.2, -0.15) is 0 Å². The van der Waals surface area contributed by atoms with E-state index in [4.69, 9.17) is 12.2 Å². The second-order valence-corrected chi connectivity index (χ2v) is 7.66. The van der Waals surface area contributed by atoms with Crippen molar-refractivity contribution in [2.24, 2.45) is 0 Å². The van der Waals surface area contributed by atoms with Crippen molar-refractivity contribution in [1.82, 2.24) is 0 Å². The Labute approximate surface area is 156 Å². The Morgan fingerprint density at radius 3 is 2.43 bits per heavy atom. The van der Waals surface area contributed by atoms with Gasteiger partial charge in [-0.05, 0) is 70.6 Å². The Morgan fingerprint density at radius 2 is 1.78 bits per heavy atom. The molecule has 0 spiro atoms. The van der Waals surface area contributed by atoms with Crippen molar-refractivity contribution in [1.29, 1.82) is 0 Å². The van der Waals surface area contributed by atoms with Crippen LogP contribution < -0.4 is 4.90 Å². The van der Waals surface area contributed by atoms with Crippen LogP contribution in [0.5, 0.6) is 11.5 Å². The molecule has 2 aromatic rings. The lowest BCUT2D eigenvalue weighted by molar-refractivity contribution is -0.113. The van der Waals surface area contributed by atoms with Crippen LogP contribution in [-0.2, 0) is 4.79 Å². The second kappa shape index (κ2) is 6.50. The Hall–Kier alpha value is -1.58. The topological polar surface area (TPSA) is 60.8 Å². The van der Waals surface area contributed by atoms with Crippen molar-refractivity contribution in [3.63, 3.8) is 0 Å². The van der Waals surface area contributed by atoms with Gasteiger partial charge in [0.15, 0.2) is 15.8 Å². The van der Waals surface area contributed by atoms with Gasteiger partial charge in [0.25, 0.3) is 5.91 Å². The molecule has 0 atom stereocenters. The molecule has 0 aliphatic carbocycles. The van der Waals surface area contributed by atoms with E-state index in [1.165, 1.54) is 28.8 Å². The molecule has 116 valence electrons. The zero-order valence-corrected chi connectivity index (χ0v) is 15.4. The number of carbonyl (C=O) groups excluding carboxylic acids is 1. The van der Waals surface area contributed by atoms with Crippen molar-refractivity contribution in [3.8, 4) is 11.5 Å². The van der Waals surface area contributed by atoms with Gasteiger partial charge in [0, 0.05) is 3.57 Å².